The number of aryl methyl sites for hydroxylation is 1. The number of carbonyl (C=O) groups is 1. The number of aliphatic hydroxyl groups is 1. The van der Waals surface area contributed by atoms with E-state index in [0.717, 1.165) is 12.1 Å². The van der Waals surface area contributed by atoms with Crippen molar-refractivity contribution in [2.75, 3.05) is 0 Å². The third kappa shape index (κ3) is 6.41. The predicted octanol–water partition coefficient (Wildman–Crippen LogP) is 7.52. The van der Waals surface area contributed by atoms with Gasteiger partial charge in [0.2, 0.25) is 5.91 Å². The van der Waals surface area contributed by atoms with Crippen LogP contribution < -0.4 is 5.32 Å². The summed E-state index contributed by atoms with van der Waals surface area (Å²) < 4.78 is 90.4. The largest absolute Gasteiger partial charge is 0.378 e. The lowest BCUT2D eigenvalue weighted by molar-refractivity contribution is -0.123. The number of nitrogens with one attached hydrogen (secondary N) is 1. The molecule has 0 radical (unpaired) electrons. The Balaban J connectivity index is 1.36. The zero-order chi connectivity index (χ0) is 37.3. The fourth-order valence-corrected chi connectivity index (χ4v) is 7.43. The average molecular weight is 741 g/mol. The molecule has 3 heterocycles. The smallest absolute Gasteiger partial charge is 0.293 e. The van der Waals surface area contributed by atoms with Crippen molar-refractivity contribution < 1.29 is 36.2 Å². The molecule has 7 rings (SSSR count). The Bertz CT molecular complexity index is 2280. The molecule has 0 aliphatic heterocycles. The maximum atomic E-state index is 15.5. The fraction of sp³-hybridized carbons (Fsp3) is 0.351. The van der Waals surface area contributed by atoms with Gasteiger partial charge in [0.15, 0.2) is 0 Å². The Morgan fingerprint density at radius 2 is 1.81 bits per heavy atom. The zero-order valence-corrected chi connectivity index (χ0v) is 28.7. The van der Waals surface area contributed by atoms with Crippen LogP contribution in [0.2, 0.25) is 5.02 Å². The summed E-state index contributed by atoms with van der Waals surface area (Å²) in [5.74, 6) is -2.57. The van der Waals surface area contributed by atoms with Gasteiger partial charge in [-0.1, -0.05) is 23.6 Å². The summed E-state index contributed by atoms with van der Waals surface area (Å²) >= 11 is 6.48. The van der Waals surface area contributed by atoms with E-state index in [1.165, 1.54) is 13.8 Å². The number of alkyl halides is 4. The van der Waals surface area contributed by atoms with E-state index >= 15 is 8.78 Å². The third-order valence-corrected chi connectivity index (χ3v) is 9.86. The van der Waals surface area contributed by atoms with Crippen LogP contribution >= 0.6 is 11.6 Å². The van der Waals surface area contributed by atoms with E-state index in [1.807, 2.05) is 0 Å². The highest BCUT2D eigenvalue weighted by molar-refractivity contribution is 6.35. The van der Waals surface area contributed by atoms with Crippen molar-refractivity contribution in [2.24, 2.45) is 13.0 Å². The van der Waals surface area contributed by atoms with Crippen molar-refractivity contribution in [1.29, 1.82) is 0 Å². The molecule has 0 bridgehead atoms. The first-order valence-corrected chi connectivity index (χ1v) is 16.8. The first-order chi connectivity index (χ1) is 24.5. The minimum absolute atomic E-state index is 0.119. The van der Waals surface area contributed by atoms with E-state index in [4.69, 9.17) is 16.6 Å². The summed E-state index contributed by atoms with van der Waals surface area (Å²) in [6, 6.07) is 8.27. The summed E-state index contributed by atoms with van der Waals surface area (Å²) in [5, 5.41) is 22.2. The lowest BCUT2D eigenvalue weighted by Gasteiger charge is -2.34. The van der Waals surface area contributed by atoms with Crippen LogP contribution in [0.4, 0.5) is 26.3 Å². The number of carbonyl (C=O) groups excluding carboxylic acids is 1. The van der Waals surface area contributed by atoms with Crippen LogP contribution in [0.15, 0.2) is 48.7 Å². The standard InChI is InChI=1S/C37H31ClF6N6O2/c1-36(2,52)11-10-21-4-5-22(23-7-9-27(38)25-16-45-49(3)33(23)25)31(46-21)28(14-18-12-19(39)15-20(40)13-18)47-29(51)17-50-34-30(32(48-50)35(41)42)24-6-8-26(24)37(34,43)44/h4-5,7,9,12-13,15-16,24,26,28,35,52H,6,8,14,17H2,1-3H3,(H,47,51)/t24-,26+,28-/m0/s1. The molecule has 52 heavy (non-hydrogen) atoms. The van der Waals surface area contributed by atoms with E-state index in [-0.39, 0.29) is 35.4 Å². The van der Waals surface area contributed by atoms with Gasteiger partial charge in [0, 0.05) is 41.1 Å². The van der Waals surface area contributed by atoms with Crippen molar-refractivity contribution in [3.63, 3.8) is 0 Å². The third-order valence-electron chi connectivity index (χ3n) is 9.53. The van der Waals surface area contributed by atoms with Gasteiger partial charge in [-0.15, -0.1) is 0 Å². The second-order valence-electron chi connectivity index (χ2n) is 13.7. The first-order valence-electron chi connectivity index (χ1n) is 16.4. The number of halogens is 7. The maximum Gasteiger partial charge on any atom is 0.293 e. The summed E-state index contributed by atoms with van der Waals surface area (Å²) in [6.45, 7) is 2.10. The van der Waals surface area contributed by atoms with E-state index in [1.54, 1.807) is 42.2 Å². The highest BCUT2D eigenvalue weighted by atomic mass is 35.5. The van der Waals surface area contributed by atoms with E-state index in [2.05, 4.69) is 27.4 Å². The number of nitrogens with zero attached hydrogens (tertiary/aromatic N) is 5. The zero-order valence-electron chi connectivity index (χ0n) is 28.0. The number of aromatic nitrogens is 5. The number of benzene rings is 2. The van der Waals surface area contributed by atoms with Gasteiger partial charge in [0.05, 0.1) is 28.5 Å². The molecule has 3 atom stereocenters. The second kappa shape index (κ2) is 13.0. The molecule has 8 nitrogen and oxygen atoms in total. The summed E-state index contributed by atoms with van der Waals surface area (Å²) in [5.41, 5.74) is -1.03. The van der Waals surface area contributed by atoms with Gasteiger partial charge in [-0.25, -0.2) is 22.5 Å². The van der Waals surface area contributed by atoms with Gasteiger partial charge in [-0.2, -0.15) is 19.0 Å². The summed E-state index contributed by atoms with van der Waals surface area (Å²) in [7, 11) is 1.70. The van der Waals surface area contributed by atoms with Crippen LogP contribution in [0, 0.1) is 29.4 Å². The molecule has 0 unspecified atom stereocenters. The van der Waals surface area contributed by atoms with Crippen LogP contribution in [0.5, 0.6) is 0 Å². The van der Waals surface area contributed by atoms with Crippen LogP contribution in [0.25, 0.3) is 22.0 Å². The Morgan fingerprint density at radius 3 is 2.46 bits per heavy atom. The Hall–Kier alpha value is -4.87. The highest BCUT2D eigenvalue weighted by Crippen LogP contribution is 2.63. The maximum absolute atomic E-state index is 15.5. The molecule has 2 aliphatic rings. The normalized spacial score (nSPS) is 18.1. The fourth-order valence-electron chi connectivity index (χ4n) is 7.23. The molecule has 270 valence electrons. The van der Waals surface area contributed by atoms with Gasteiger partial charge in [0.1, 0.15) is 40.9 Å². The molecule has 3 aromatic heterocycles. The van der Waals surface area contributed by atoms with Crippen LogP contribution in [0.3, 0.4) is 0 Å². The molecule has 0 spiro atoms. The van der Waals surface area contributed by atoms with Gasteiger partial charge in [0.25, 0.3) is 12.3 Å². The lowest BCUT2D eigenvalue weighted by atomic mass is 9.73. The molecular formula is C37H31ClF6N6O2. The number of rotatable bonds is 8. The molecule has 5 aromatic rings. The minimum Gasteiger partial charge on any atom is -0.378 e. The molecule has 0 saturated heterocycles. The molecular weight excluding hydrogens is 710 g/mol. The SMILES string of the molecule is Cn1ncc2c(Cl)ccc(-c3ccc(C#CC(C)(C)O)nc3[C@H](Cc3cc(F)cc(F)c3)NC(=O)Cn3nc(C(F)F)c4c3C(F)(F)[C@@H]3CC[C@H]43)c21. The monoisotopic (exact) mass is 740 g/mol. The van der Waals surface area contributed by atoms with E-state index < -0.39 is 71.3 Å². The average Bonchev–Trinajstić information content (AvgIpc) is 3.64. The summed E-state index contributed by atoms with van der Waals surface area (Å²) in [6.07, 6.45) is -1.34. The van der Waals surface area contributed by atoms with Gasteiger partial charge in [-0.05, 0) is 80.8 Å². The van der Waals surface area contributed by atoms with E-state index in [0.29, 0.717) is 44.2 Å². The van der Waals surface area contributed by atoms with E-state index in [9.17, 15) is 27.5 Å². The Kier molecular flexibility index (Phi) is 8.86. The number of hydrogen-bond donors (Lipinski definition) is 2. The molecule has 1 saturated carbocycles. The van der Waals surface area contributed by atoms with Crippen molar-refractivity contribution >= 4 is 28.4 Å². The topological polar surface area (TPSA) is 97.9 Å². The van der Waals surface area contributed by atoms with Crippen molar-refractivity contribution in [1.82, 2.24) is 29.9 Å². The van der Waals surface area contributed by atoms with Gasteiger partial charge in [-0.3, -0.25) is 14.2 Å². The molecule has 2 aromatic carbocycles. The van der Waals surface area contributed by atoms with Crippen LogP contribution in [-0.4, -0.2) is 41.2 Å². The number of hydrogen-bond acceptors (Lipinski definition) is 5. The van der Waals surface area contributed by atoms with Gasteiger partial charge >= 0.3 is 0 Å². The Labute approximate surface area is 298 Å². The Morgan fingerprint density at radius 1 is 1.10 bits per heavy atom. The first kappa shape index (κ1) is 35.5. The van der Waals surface area contributed by atoms with Crippen molar-refractivity contribution in [3.8, 4) is 23.0 Å². The molecule has 2 aliphatic carbocycles. The number of amides is 1. The summed E-state index contributed by atoms with van der Waals surface area (Å²) in [4.78, 5) is 18.6. The number of fused-ring (bicyclic) bond motifs is 4. The minimum atomic E-state index is -3.47. The highest BCUT2D eigenvalue weighted by Gasteiger charge is 2.62. The molecule has 2 N–H and O–H groups in total. The van der Waals surface area contributed by atoms with Crippen molar-refractivity contribution in [3.05, 3.63) is 99.2 Å². The lowest BCUT2D eigenvalue weighted by Crippen LogP contribution is -2.36. The quantitative estimate of drug-likeness (QED) is 0.127. The van der Waals surface area contributed by atoms with Crippen LogP contribution in [0.1, 0.15) is 79.0 Å². The molecule has 15 heteroatoms. The van der Waals surface area contributed by atoms with Gasteiger partial charge < -0.3 is 10.4 Å². The van der Waals surface area contributed by atoms with Crippen molar-refractivity contribution in [2.45, 2.75) is 69.6 Å². The van der Waals surface area contributed by atoms with Crippen LogP contribution in [-0.2, 0) is 30.7 Å². The predicted molar refractivity (Wildman–Crippen MR) is 180 cm³/mol. The number of pyridine rings is 1. The molecule has 1 fully saturated rings. The molecule has 1 amide bonds. The second-order valence-corrected chi connectivity index (χ2v) is 14.1.